The number of esters is 1. The third kappa shape index (κ3) is 5.34. The Morgan fingerprint density at radius 2 is 1.52 bits per heavy atom. The van der Waals surface area contributed by atoms with Gasteiger partial charge in [-0.1, -0.05) is 26.0 Å². The van der Waals surface area contributed by atoms with Crippen molar-refractivity contribution in [3.63, 3.8) is 0 Å². The first-order valence-electron chi connectivity index (χ1n) is 7.44. The maximum atomic E-state index is 13.1. The van der Waals surface area contributed by atoms with Gasteiger partial charge in [0.25, 0.3) is 0 Å². The summed E-state index contributed by atoms with van der Waals surface area (Å²) in [5.41, 5.74) is -5.47. The zero-order valence-corrected chi connectivity index (χ0v) is 14.8. The molecule has 27 heavy (non-hydrogen) atoms. The molecule has 0 saturated heterocycles. The highest BCUT2D eigenvalue weighted by Gasteiger charge is 2.75. The van der Waals surface area contributed by atoms with Crippen LogP contribution in [0.2, 0.25) is 0 Å². The summed E-state index contributed by atoms with van der Waals surface area (Å²) in [5, 5.41) is 0. The Morgan fingerprint density at radius 1 is 1.07 bits per heavy atom. The fourth-order valence-corrected chi connectivity index (χ4v) is 3.00. The van der Waals surface area contributed by atoms with Gasteiger partial charge in [0, 0.05) is 0 Å². The molecule has 0 aliphatic heterocycles. The van der Waals surface area contributed by atoms with E-state index in [2.05, 4.69) is 4.74 Å². The lowest BCUT2D eigenvalue weighted by Gasteiger charge is -2.36. The lowest BCUT2D eigenvalue weighted by Crippen LogP contribution is -2.63. The van der Waals surface area contributed by atoms with Crippen LogP contribution in [0.15, 0.2) is 24.3 Å². The number of benzene rings is 1. The maximum absolute atomic E-state index is 13.1. The van der Waals surface area contributed by atoms with Gasteiger partial charge in [-0.05, 0) is 30.0 Å². The summed E-state index contributed by atoms with van der Waals surface area (Å²) in [5.74, 6) is -5.07. The molecule has 1 rings (SSSR count). The average Bonchev–Trinajstić information content (AvgIpc) is 2.50. The first kappa shape index (κ1) is 23.2. The van der Waals surface area contributed by atoms with Gasteiger partial charge >= 0.3 is 23.9 Å². The molecule has 0 N–H and O–H groups in total. The molecule has 1 aromatic carbocycles. The van der Waals surface area contributed by atoms with E-state index in [0.717, 1.165) is 12.1 Å². The Balaban J connectivity index is 3.35. The highest BCUT2D eigenvalue weighted by molar-refractivity contribution is 7.85. The normalized spacial score (nSPS) is 14.7. The van der Waals surface area contributed by atoms with Gasteiger partial charge in [-0.3, -0.25) is 0 Å². The molecule has 0 spiro atoms. The Morgan fingerprint density at radius 3 is 1.85 bits per heavy atom. The van der Waals surface area contributed by atoms with E-state index in [9.17, 15) is 44.1 Å². The van der Waals surface area contributed by atoms with Crippen molar-refractivity contribution >= 4 is 16.1 Å². The van der Waals surface area contributed by atoms with Crippen molar-refractivity contribution in [3.8, 4) is 0 Å². The molecular formula is C15H15F6O5S-. The van der Waals surface area contributed by atoms with Gasteiger partial charge in [-0.2, -0.15) is 26.3 Å². The summed E-state index contributed by atoms with van der Waals surface area (Å²) in [4.78, 5) is 11.9. The van der Waals surface area contributed by atoms with Gasteiger partial charge in [0.1, 0.15) is 0 Å². The van der Waals surface area contributed by atoms with Gasteiger partial charge in [0.2, 0.25) is 0 Å². The van der Waals surface area contributed by atoms with Gasteiger partial charge < -0.3 is 9.29 Å². The molecule has 154 valence electrons. The van der Waals surface area contributed by atoms with E-state index in [-0.39, 0.29) is 5.92 Å². The largest absolute Gasteiger partial charge is 0.748 e. The van der Waals surface area contributed by atoms with Crippen LogP contribution in [-0.2, 0) is 14.9 Å². The van der Waals surface area contributed by atoms with Crippen molar-refractivity contribution < 1.29 is 48.8 Å². The van der Waals surface area contributed by atoms with E-state index in [4.69, 9.17) is 0 Å². The second-order valence-corrected chi connectivity index (χ2v) is 7.25. The lowest BCUT2D eigenvalue weighted by atomic mass is 9.97. The molecule has 12 heteroatoms. The molecule has 0 aliphatic carbocycles. The average molecular weight is 421 g/mol. The molecule has 1 unspecified atom stereocenters. The summed E-state index contributed by atoms with van der Waals surface area (Å²) >= 11 is 0. The van der Waals surface area contributed by atoms with Crippen LogP contribution >= 0.6 is 0 Å². The third-order valence-corrected chi connectivity index (χ3v) is 4.65. The van der Waals surface area contributed by atoms with Crippen molar-refractivity contribution in [1.29, 1.82) is 0 Å². The smallest absolute Gasteiger partial charge is 0.438 e. The highest BCUT2D eigenvalue weighted by atomic mass is 32.2. The van der Waals surface area contributed by atoms with E-state index in [1.807, 2.05) is 13.8 Å². The number of halogens is 6. The van der Waals surface area contributed by atoms with Crippen LogP contribution in [0, 0.1) is 0 Å². The third-order valence-electron chi connectivity index (χ3n) is 3.89. The van der Waals surface area contributed by atoms with Crippen molar-refractivity contribution in [2.75, 3.05) is 5.75 Å². The van der Waals surface area contributed by atoms with Gasteiger partial charge in [0.15, 0.2) is 0 Å². The van der Waals surface area contributed by atoms with E-state index < -0.39 is 45.4 Å². The number of hydrogen-bond acceptors (Lipinski definition) is 5. The van der Waals surface area contributed by atoms with Crippen LogP contribution in [0.5, 0.6) is 0 Å². The summed E-state index contributed by atoms with van der Waals surface area (Å²) in [6.07, 6.45) is -12.1. The maximum Gasteiger partial charge on any atom is 0.438 e. The number of alkyl halides is 6. The van der Waals surface area contributed by atoms with Crippen LogP contribution in [-0.4, -0.2) is 42.6 Å². The van der Waals surface area contributed by atoms with Crippen molar-refractivity contribution in [2.24, 2.45) is 0 Å². The molecule has 0 bridgehead atoms. The molecule has 1 aromatic rings. The van der Waals surface area contributed by atoms with Crippen LogP contribution < -0.4 is 0 Å². The Bertz CT molecular complexity index is 753. The predicted molar refractivity (Wildman–Crippen MR) is 80.0 cm³/mol. The second-order valence-electron chi connectivity index (χ2n) is 5.85. The minimum Gasteiger partial charge on any atom is -0.748 e. The Kier molecular flexibility index (Phi) is 6.59. The van der Waals surface area contributed by atoms with Crippen LogP contribution in [0.4, 0.5) is 26.3 Å². The number of ether oxygens (including phenoxy) is 1. The van der Waals surface area contributed by atoms with Crippen molar-refractivity contribution in [3.05, 3.63) is 35.4 Å². The van der Waals surface area contributed by atoms with E-state index in [1.165, 1.54) is 12.1 Å². The minimum atomic E-state index is -6.39. The molecule has 1 atom stereocenters. The summed E-state index contributed by atoms with van der Waals surface area (Å²) in [7, 11) is -6.06. The van der Waals surface area contributed by atoms with E-state index in [1.54, 1.807) is 0 Å². The molecule has 0 amide bonds. The Hall–Kier alpha value is -1.82. The lowest BCUT2D eigenvalue weighted by molar-refractivity contribution is -0.356. The SMILES string of the molecule is CCC(C)c1ccc(C(=O)OC(CS(=O)(=O)[O-])(C(F)(F)F)C(F)(F)F)cc1. The molecule has 0 saturated carbocycles. The number of hydrogen-bond donors (Lipinski definition) is 0. The molecule has 0 radical (unpaired) electrons. The topological polar surface area (TPSA) is 83.5 Å². The number of rotatable bonds is 6. The van der Waals surface area contributed by atoms with E-state index in [0.29, 0.717) is 12.0 Å². The highest BCUT2D eigenvalue weighted by Crippen LogP contribution is 2.47. The molecule has 5 nitrogen and oxygen atoms in total. The van der Waals surface area contributed by atoms with Crippen molar-refractivity contribution in [2.45, 2.75) is 44.1 Å². The summed E-state index contributed by atoms with van der Waals surface area (Å²) < 4.78 is 114. The zero-order valence-electron chi connectivity index (χ0n) is 14.0. The molecule has 0 aliphatic rings. The van der Waals surface area contributed by atoms with Gasteiger partial charge in [-0.15, -0.1) is 0 Å². The fraction of sp³-hybridized carbons (Fsp3) is 0.533. The Labute approximate surface area is 151 Å². The van der Waals surface area contributed by atoms with Crippen LogP contribution in [0.1, 0.15) is 42.1 Å². The molecular weight excluding hydrogens is 406 g/mol. The molecule has 0 fully saturated rings. The van der Waals surface area contributed by atoms with Crippen LogP contribution in [0.25, 0.3) is 0 Å². The predicted octanol–water partition coefficient (Wildman–Crippen LogP) is 3.77. The quantitative estimate of drug-likeness (QED) is 0.397. The molecule has 0 aromatic heterocycles. The standard InChI is InChI=1S/C15H16F6O5S/c1-3-9(2)10-4-6-11(7-5-10)12(22)26-13(14(16,17)18,15(19,20)21)8-27(23,24)25/h4-7,9H,3,8H2,1-2H3,(H,23,24,25)/p-1. The molecule has 0 heterocycles. The van der Waals surface area contributed by atoms with Gasteiger partial charge in [-0.25, -0.2) is 13.2 Å². The summed E-state index contributed by atoms with van der Waals surface area (Å²) in [6.45, 7) is 3.65. The summed E-state index contributed by atoms with van der Waals surface area (Å²) in [6, 6.07) is 4.54. The number of carbonyl (C=O) groups excluding carboxylic acids is 1. The monoisotopic (exact) mass is 421 g/mol. The van der Waals surface area contributed by atoms with E-state index >= 15 is 0 Å². The zero-order chi connectivity index (χ0) is 21.3. The first-order valence-corrected chi connectivity index (χ1v) is 9.02. The fourth-order valence-electron chi connectivity index (χ4n) is 2.12. The van der Waals surface area contributed by atoms with Crippen LogP contribution in [0.3, 0.4) is 0 Å². The minimum absolute atomic E-state index is 0.0186. The van der Waals surface area contributed by atoms with Crippen molar-refractivity contribution in [1.82, 2.24) is 0 Å². The van der Waals surface area contributed by atoms with Gasteiger partial charge in [0.05, 0.1) is 21.4 Å². The number of carbonyl (C=O) groups is 1. The first-order chi connectivity index (χ1) is 12.0. The second kappa shape index (κ2) is 7.66.